The van der Waals surface area contributed by atoms with Crippen LogP contribution in [0.1, 0.15) is 12.0 Å². The Hall–Kier alpha value is -1.47. The van der Waals surface area contributed by atoms with Crippen LogP contribution >= 0.6 is 0 Å². The van der Waals surface area contributed by atoms with E-state index in [1.807, 2.05) is 0 Å². The molecule has 0 saturated carbocycles. The first-order chi connectivity index (χ1) is 6.24. The van der Waals surface area contributed by atoms with E-state index in [9.17, 15) is 8.78 Å². The number of hydrogen-bond acceptors (Lipinski definition) is 2. The van der Waals surface area contributed by atoms with Gasteiger partial charge in [0.25, 0.3) is 0 Å². The highest BCUT2D eigenvalue weighted by atomic mass is 19.1. The van der Waals surface area contributed by atoms with Crippen molar-refractivity contribution in [2.75, 3.05) is 6.54 Å². The third-order valence-corrected chi connectivity index (χ3v) is 1.31. The van der Waals surface area contributed by atoms with E-state index in [1.165, 1.54) is 6.07 Å². The van der Waals surface area contributed by atoms with Gasteiger partial charge in [0.1, 0.15) is 0 Å². The van der Waals surface area contributed by atoms with Crippen molar-refractivity contribution in [1.29, 1.82) is 0 Å². The van der Waals surface area contributed by atoms with Crippen molar-refractivity contribution in [3.8, 4) is 11.8 Å². The molecule has 0 bridgehead atoms. The van der Waals surface area contributed by atoms with Gasteiger partial charge in [0.15, 0.2) is 0 Å². The standard InChI is InChI=1S/C9H8F2N2/c10-8-5-4-7(9(11)13-8)3-1-2-6-12/h4-5H,2,6,12H2. The first-order valence-corrected chi connectivity index (χ1v) is 3.75. The van der Waals surface area contributed by atoms with E-state index in [-0.39, 0.29) is 5.56 Å². The SMILES string of the molecule is NCCC#Cc1ccc(F)nc1F. The van der Waals surface area contributed by atoms with Crippen LogP contribution in [-0.2, 0) is 0 Å². The monoisotopic (exact) mass is 182 g/mol. The lowest BCUT2D eigenvalue weighted by atomic mass is 10.2. The van der Waals surface area contributed by atoms with Gasteiger partial charge in [-0.25, -0.2) is 0 Å². The minimum Gasteiger partial charge on any atom is -0.330 e. The minimum atomic E-state index is -0.885. The van der Waals surface area contributed by atoms with Gasteiger partial charge in [0.05, 0.1) is 5.56 Å². The molecule has 1 rings (SSSR count). The molecule has 0 fully saturated rings. The maximum Gasteiger partial charge on any atom is 0.231 e. The minimum absolute atomic E-state index is 0.0925. The summed E-state index contributed by atoms with van der Waals surface area (Å²) in [5, 5.41) is 0. The lowest BCUT2D eigenvalue weighted by Gasteiger charge is -1.92. The first kappa shape index (κ1) is 9.62. The molecule has 1 heterocycles. The molecule has 2 N–H and O–H groups in total. The molecule has 0 atom stereocenters. The van der Waals surface area contributed by atoms with Crippen LogP contribution in [0.3, 0.4) is 0 Å². The normalized spacial score (nSPS) is 9.15. The van der Waals surface area contributed by atoms with Crippen LogP contribution < -0.4 is 5.73 Å². The van der Waals surface area contributed by atoms with Gasteiger partial charge in [-0.05, 0) is 12.1 Å². The first-order valence-electron chi connectivity index (χ1n) is 3.75. The zero-order valence-corrected chi connectivity index (χ0v) is 6.85. The summed E-state index contributed by atoms with van der Waals surface area (Å²) < 4.78 is 25.1. The van der Waals surface area contributed by atoms with E-state index < -0.39 is 11.9 Å². The zero-order valence-electron chi connectivity index (χ0n) is 6.85. The van der Waals surface area contributed by atoms with E-state index in [0.29, 0.717) is 13.0 Å². The second kappa shape index (κ2) is 4.53. The van der Waals surface area contributed by atoms with Crippen LogP contribution in [0.15, 0.2) is 12.1 Å². The van der Waals surface area contributed by atoms with Gasteiger partial charge in [-0.15, -0.1) is 0 Å². The molecule has 0 unspecified atom stereocenters. The van der Waals surface area contributed by atoms with E-state index >= 15 is 0 Å². The molecule has 13 heavy (non-hydrogen) atoms. The number of rotatable bonds is 1. The molecule has 68 valence electrons. The summed E-state index contributed by atoms with van der Waals surface area (Å²) in [6, 6.07) is 2.32. The van der Waals surface area contributed by atoms with Crippen LogP contribution in [0.2, 0.25) is 0 Å². The van der Waals surface area contributed by atoms with Gasteiger partial charge < -0.3 is 5.73 Å². The second-order valence-corrected chi connectivity index (χ2v) is 2.31. The molecule has 0 aliphatic carbocycles. The second-order valence-electron chi connectivity index (χ2n) is 2.31. The maximum absolute atomic E-state index is 12.8. The Bertz CT molecular complexity index is 352. The van der Waals surface area contributed by atoms with E-state index in [1.54, 1.807) is 0 Å². The van der Waals surface area contributed by atoms with Gasteiger partial charge in [-0.1, -0.05) is 11.8 Å². The van der Waals surface area contributed by atoms with Crippen molar-refractivity contribution in [3.63, 3.8) is 0 Å². The third-order valence-electron chi connectivity index (χ3n) is 1.31. The largest absolute Gasteiger partial charge is 0.330 e. The van der Waals surface area contributed by atoms with E-state index in [4.69, 9.17) is 5.73 Å². The summed E-state index contributed by atoms with van der Waals surface area (Å²) in [6.07, 6.45) is 0.483. The van der Waals surface area contributed by atoms with Crippen molar-refractivity contribution in [2.24, 2.45) is 5.73 Å². The number of pyridine rings is 1. The molecule has 0 aliphatic heterocycles. The highest BCUT2D eigenvalue weighted by Crippen LogP contribution is 2.03. The van der Waals surface area contributed by atoms with Gasteiger partial charge >= 0.3 is 0 Å². The fourth-order valence-electron chi connectivity index (χ4n) is 0.735. The number of aromatic nitrogens is 1. The Morgan fingerprint density at radius 1 is 1.38 bits per heavy atom. The van der Waals surface area contributed by atoms with E-state index in [2.05, 4.69) is 16.8 Å². The molecule has 0 spiro atoms. The molecule has 2 nitrogen and oxygen atoms in total. The molecule has 0 aliphatic rings. The topological polar surface area (TPSA) is 38.9 Å². The van der Waals surface area contributed by atoms with Crippen molar-refractivity contribution < 1.29 is 8.78 Å². The predicted octanol–water partition coefficient (Wildman–Crippen LogP) is 1.06. The van der Waals surface area contributed by atoms with Gasteiger partial charge in [0, 0.05) is 13.0 Å². The quantitative estimate of drug-likeness (QED) is 0.521. The molecule has 1 aromatic heterocycles. The molecular weight excluding hydrogens is 174 g/mol. The molecule has 0 radical (unpaired) electrons. The lowest BCUT2D eigenvalue weighted by Crippen LogP contribution is -1.96. The number of halogens is 2. The highest BCUT2D eigenvalue weighted by Gasteiger charge is 2.00. The molecular formula is C9H8F2N2. The Morgan fingerprint density at radius 2 is 2.15 bits per heavy atom. The summed E-state index contributed by atoms with van der Waals surface area (Å²) >= 11 is 0. The van der Waals surface area contributed by atoms with Gasteiger partial charge in [0.2, 0.25) is 11.9 Å². The van der Waals surface area contributed by atoms with Gasteiger partial charge in [-0.2, -0.15) is 13.8 Å². The molecule has 0 saturated heterocycles. The van der Waals surface area contributed by atoms with Gasteiger partial charge in [-0.3, -0.25) is 0 Å². The Morgan fingerprint density at radius 3 is 2.77 bits per heavy atom. The van der Waals surface area contributed by atoms with Crippen LogP contribution in [0.4, 0.5) is 8.78 Å². The number of nitrogens with two attached hydrogens (primary N) is 1. The van der Waals surface area contributed by atoms with Crippen LogP contribution in [0.25, 0.3) is 0 Å². The van der Waals surface area contributed by atoms with Crippen molar-refractivity contribution >= 4 is 0 Å². The summed E-state index contributed by atoms with van der Waals surface area (Å²) in [5.41, 5.74) is 5.28. The van der Waals surface area contributed by atoms with Crippen LogP contribution in [0.5, 0.6) is 0 Å². The zero-order chi connectivity index (χ0) is 9.68. The molecule has 4 heteroatoms. The van der Waals surface area contributed by atoms with Crippen LogP contribution in [0, 0.1) is 23.7 Å². The average Bonchev–Trinajstić information content (AvgIpc) is 2.09. The Kier molecular flexibility index (Phi) is 3.35. The lowest BCUT2D eigenvalue weighted by molar-refractivity contribution is 0.510. The van der Waals surface area contributed by atoms with E-state index in [0.717, 1.165) is 6.07 Å². The predicted molar refractivity (Wildman–Crippen MR) is 44.7 cm³/mol. The smallest absolute Gasteiger partial charge is 0.231 e. The Balaban J connectivity index is 2.85. The summed E-state index contributed by atoms with van der Waals surface area (Å²) in [5.74, 6) is 3.41. The summed E-state index contributed by atoms with van der Waals surface area (Å²) in [6.45, 7) is 0.420. The summed E-state index contributed by atoms with van der Waals surface area (Å²) in [7, 11) is 0. The third kappa shape index (κ3) is 2.80. The maximum atomic E-state index is 12.8. The van der Waals surface area contributed by atoms with Crippen molar-refractivity contribution in [2.45, 2.75) is 6.42 Å². The average molecular weight is 182 g/mol. The van der Waals surface area contributed by atoms with Crippen molar-refractivity contribution in [1.82, 2.24) is 4.98 Å². The van der Waals surface area contributed by atoms with Crippen LogP contribution in [-0.4, -0.2) is 11.5 Å². The molecule has 1 aromatic rings. The number of hydrogen-bond donors (Lipinski definition) is 1. The molecule has 0 amide bonds. The highest BCUT2D eigenvalue weighted by molar-refractivity contribution is 5.32. The fraction of sp³-hybridized carbons (Fsp3) is 0.222. The Labute approximate surface area is 74.8 Å². The molecule has 0 aromatic carbocycles. The van der Waals surface area contributed by atoms with Crippen molar-refractivity contribution in [3.05, 3.63) is 29.6 Å². The number of nitrogens with zero attached hydrogens (tertiary/aromatic N) is 1. The summed E-state index contributed by atoms with van der Waals surface area (Å²) in [4.78, 5) is 2.99. The fourth-order valence-corrected chi connectivity index (χ4v) is 0.735.